The molecule has 0 bridgehead atoms. The highest BCUT2D eigenvalue weighted by atomic mass is 19.4. The molecule has 1 amide bonds. The molecule has 0 aliphatic rings. The van der Waals surface area contributed by atoms with Crippen molar-refractivity contribution in [1.29, 1.82) is 0 Å². The van der Waals surface area contributed by atoms with Gasteiger partial charge in [-0.05, 0) is 48.9 Å². The Balaban J connectivity index is 1.89. The fourth-order valence-electron chi connectivity index (χ4n) is 2.52. The number of aromatic nitrogens is 2. The molecule has 0 aliphatic heterocycles. The summed E-state index contributed by atoms with van der Waals surface area (Å²) in [7, 11) is 0. The van der Waals surface area contributed by atoms with Gasteiger partial charge >= 0.3 is 6.18 Å². The minimum Gasteiger partial charge on any atom is -0.489 e. The SMILES string of the molecule is CCCOc1cn(-c2ccc(F)cc2)nc1C(=O)Nc1cccc(C(F)(F)F)c1. The summed E-state index contributed by atoms with van der Waals surface area (Å²) in [5, 5.41) is 6.57. The molecule has 3 aromatic rings. The minimum atomic E-state index is -4.53. The first-order chi connectivity index (χ1) is 13.8. The van der Waals surface area contributed by atoms with Gasteiger partial charge in [0.1, 0.15) is 5.82 Å². The minimum absolute atomic E-state index is 0.0254. The molecule has 5 nitrogen and oxygen atoms in total. The molecular formula is C20H17F4N3O2. The van der Waals surface area contributed by atoms with Crippen LogP contribution in [0.2, 0.25) is 0 Å². The lowest BCUT2D eigenvalue weighted by Gasteiger charge is -2.10. The van der Waals surface area contributed by atoms with Crippen LogP contribution in [0.25, 0.3) is 5.69 Å². The molecule has 1 aromatic heterocycles. The summed E-state index contributed by atoms with van der Waals surface area (Å²) in [6.45, 7) is 2.20. The Hall–Kier alpha value is -3.36. The zero-order valence-corrected chi connectivity index (χ0v) is 15.3. The van der Waals surface area contributed by atoms with Crippen molar-refractivity contribution in [2.45, 2.75) is 19.5 Å². The maximum absolute atomic E-state index is 13.1. The molecule has 3 rings (SSSR count). The van der Waals surface area contributed by atoms with Crippen LogP contribution >= 0.6 is 0 Å². The second-order valence-electron chi connectivity index (χ2n) is 6.14. The van der Waals surface area contributed by atoms with Gasteiger partial charge in [-0.15, -0.1) is 0 Å². The summed E-state index contributed by atoms with van der Waals surface area (Å²) in [6, 6.07) is 9.72. The van der Waals surface area contributed by atoms with Crippen molar-refractivity contribution in [3.63, 3.8) is 0 Å². The number of rotatable bonds is 6. The van der Waals surface area contributed by atoms with Gasteiger partial charge in [-0.3, -0.25) is 4.79 Å². The Morgan fingerprint density at radius 1 is 1.17 bits per heavy atom. The van der Waals surface area contributed by atoms with E-state index in [1.807, 2.05) is 6.92 Å². The van der Waals surface area contributed by atoms with Crippen LogP contribution in [-0.2, 0) is 6.18 Å². The molecule has 0 spiro atoms. The van der Waals surface area contributed by atoms with Gasteiger partial charge in [0.15, 0.2) is 11.4 Å². The van der Waals surface area contributed by atoms with Gasteiger partial charge in [0, 0.05) is 5.69 Å². The Morgan fingerprint density at radius 3 is 2.55 bits per heavy atom. The first kappa shape index (κ1) is 20.4. The van der Waals surface area contributed by atoms with Gasteiger partial charge in [0.2, 0.25) is 0 Å². The number of hydrogen-bond donors (Lipinski definition) is 1. The second-order valence-corrected chi connectivity index (χ2v) is 6.14. The van der Waals surface area contributed by atoms with Crippen LogP contribution < -0.4 is 10.1 Å². The lowest BCUT2D eigenvalue weighted by molar-refractivity contribution is -0.137. The van der Waals surface area contributed by atoms with Crippen molar-refractivity contribution < 1.29 is 27.1 Å². The zero-order valence-electron chi connectivity index (χ0n) is 15.3. The van der Waals surface area contributed by atoms with Gasteiger partial charge in [-0.1, -0.05) is 13.0 Å². The van der Waals surface area contributed by atoms with Crippen LogP contribution in [0.15, 0.2) is 54.7 Å². The van der Waals surface area contributed by atoms with Crippen molar-refractivity contribution in [3.8, 4) is 11.4 Å². The fourth-order valence-corrected chi connectivity index (χ4v) is 2.52. The molecule has 0 unspecified atom stereocenters. The maximum atomic E-state index is 13.1. The molecule has 0 radical (unpaired) electrons. The van der Waals surface area contributed by atoms with Crippen molar-refractivity contribution in [3.05, 3.63) is 71.8 Å². The lowest BCUT2D eigenvalue weighted by Crippen LogP contribution is -2.15. The van der Waals surface area contributed by atoms with E-state index in [4.69, 9.17) is 4.74 Å². The van der Waals surface area contributed by atoms with Gasteiger partial charge in [0.05, 0.1) is 24.1 Å². The molecule has 1 heterocycles. The smallest absolute Gasteiger partial charge is 0.416 e. The summed E-state index contributed by atoms with van der Waals surface area (Å²) in [4.78, 5) is 12.6. The molecule has 0 aliphatic carbocycles. The van der Waals surface area contributed by atoms with Crippen molar-refractivity contribution >= 4 is 11.6 Å². The molecule has 0 saturated heterocycles. The van der Waals surface area contributed by atoms with Crippen molar-refractivity contribution in [2.75, 3.05) is 11.9 Å². The summed E-state index contributed by atoms with van der Waals surface area (Å²) in [6.07, 6.45) is -2.39. The second kappa shape index (κ2) is 8.34. The van der Waals surface area contributed by atoms with Crippen LogP contribution in [0.5, 0.6) is 5.75 Å². The number of halogens is 4. The first-order valence-electron chi connectivity index (χ1n) is 8.75. The number of carbonyl (C=O) groups excluding carboxylic acids is 1. The third-order valence-electron chi connectivity index (χ3n) is 3.90. The van der Waals surface area contributed by atoms with Crippen LogP contribution in [0.3, 0.4) is 0 Å². The van der Waals surface area contributed by atoms with Crippen molar-refractivity contribution in [1.82, 2.24) is 9.78 Å². The highest BCUT2D eigenvalue weighted by Gasteiger charge is 2.30. The Morgan fingerprint density at radius 2 is 1.90 bits per heavy atom. The molecule has 152 valence electrons. The molecule has 1 N–H and O–H groups in total. The van der Waals surface area contributed by atoms with E-state index in [1.165, 1.54) is 47.3 Å². The topological polar surface area (TPSA) is 56.2 Å². The number of hydrogen-bond acceptors (Lipinski definition) is 3. The highest BCUT2D eigenvalue weighted by Crippen LogP contribution is 2.31. The van der Waals surface area contributed by atoms with Crippen LogP contribution in [-0.4, -0.2) is 22.3 Å². The van der Waals surface area contributed by atoms with E-state index in [-0.39, 0.29) is 17.1 Å². The molecule has 0 fully saturated rings. The van der Waals surface area contributed by atoms with E-state index in [9.17, 15) is 22.4 Å². The monoisotopic (exact) mass is 407 g/mol. The summed E-state index contributed by atoms with van der Waals surface area (Å²) < 4.78 is 58.7. The van der Waals surface area contributed by atoms with Gasteiger partial charge in [-0.2, -0.15) is 18.3 Å². The lowest BCUT2D eigenvalue weighted by atomic mass is 10.2. The number of anilines is 1. The number of benzene rings is 2. The van der Waals surface area contributed by atoms with E-state index in [2.05, 4.69) is 10.4 Å². The molecule has 29 heavy (non-hydrogen) atoms. The average Bonchev–Trinajstić information content (AvgIpc) is 3.11. The standard InChI is InChI=1S/C20H17F4N3O2/c1-2-10-29-17-12-27(16-8-6-14(21)7-9-16)26-18(17)19(28)25-15-5-3-4-13(11-15)20(22,23)24/h3-9,11-12H,2,10H2,1H3,(H,25,28). The van der Waals surface area contributed by atoms with Crippen LogP contribution in [0.4, 0.5) is 23.2 Å². The Labute approximate surface area is 163 Å². The number of alkyl halides is 3. The van der Waals surface area contributed by atoms with E-state index < -0.39 is 23.5 Å². The highest BCUT2D eigenvalue weighted by molar-refractivity contribution is 6.04. The quantitative estimate of drug-likeness (QED) is 0.581. The normalized spacial score (nSPS) is 11.3. The van der Waals surface area contributed by atoms with Crippen LogP contribution in [0.1, 0.15) is 29.4 Å². The van der Waals surface area contributed by atoms with Gasteiger partial charge in [0.25, 0.3) is 5.91 Å². The number of ether oxygens (including phenoxy) is 1. The summed E-state index contributed by atoms with van der Waals surface area (Å²) in [5.74, 6) is -0.984. The van der Waals surface area contributed by atoms with E-state index in [1.54, 1.807) is 0 Å². The van der Waals surface area contributed by atoms with E-state index >= 15 is 0 Å². The average molecular weight is 407 g/mol. The molecule has 9 heteroatoms. The van der Waals surface area contributed by atoms with Crippen LogP contribution in [0, 0.1) is 5.82 Å². The van der Waals surface area contributed by atoms with Crippen molar-refractivity contribution in [2.24, 2.45) is 0 Å². The maximum Gasteiger partial charge on any atom is 0.416 e. The Bertz CT molecular complexity index is 998. The van der Waals surface area contributed by atoms with E-state index in [0.29, 0.717) is 18.7 Å². The van der Waals surface area contributed by atoms with E-state index in [0.717, 1.165) is 12.1 Å². The van der Waals surface area contributed by atoms with Gasteiger partial charge in [-0.25, -0.2) is 9.07 Å². The molecular weight excluding hydrogens is 390 g/mol. The third kappa shape index (κ3) is 4.92. The largest absolute Gasteiger partial charge is 0.489 e. The number of nitrogens with zero attached hydrogens (tertiary/aromatic N) is 2. The molecule has 0 atom stereocenters. The predicted molar refractivity (Wildman–Crippen MR) is 98.7 cm³/mol. The summed E-state index contributed by atoms with van der Waals surface area (Å²) in [5.41, 5.74) is -0.511. The summed E-state index contributed by atoms with van der Waals surface area (Å²) >= 11 is 0. The zero-order chi connectivity index (χ0) is 21.0. The first-order valence-corrected chi connectivity index (χ1v) is 8.75. The number of nitrogens with one attached hydrogen (secondary N) is 1. The third-order valence-corrected chi connectivity index (χ3v) is 3.90. The molecule has 2 aromatic carbocycles. The number of amides is 1. The molecule has 0 saturated carbocycles. The Kier molecular flexibility index (Phi) is 5.86. The predicted octanol–water partition coefficient (Wildman–Crippen LogP) is 5.07. The fraction of sp³-hybridized carbons (Fsp3) is 0.200. The number of carbonyl (C=O) groups is 1. The van der Waals surface area contributed by atoms with Gasteiger partial charge < -0.3 is 10.1 Å².